The van der Waals surface area contributed by atoms with E-state index in [0.717, 1.165) is 67.1 Å². The lowest BCUT2D eigenvalue weighted by Crippen LogP contribution is -2.36. The Morgan fingerprint density at radius 1 is 1.24 bits per heavy atom. The molecule has 0 bridgehead atoms. The Hall–Kier alpha value is -2.64. The van der Waals surface area contributed by atoms with Crippen molar-refractivity contribution < 1.29 is 5.02 Å². The number of aromatic nitrogens is 5. The van der Waals surface area contributed by atoms with Crippen molar-refractivity contribution in [2.24, 2.45) is 0 Å². The molecule has 0 amide bonds. The number of rotatable bonds is 8. The topological polar surface area (TPSA) is 82.9 Å². The van der Waals surface area contributed by atoms with E-state index < -0.39 is 15.0 Å². The number of thioether (sulfide) groups is 1. The zero-order chi connectivity index (χ0) is 26.3. The SMILES string of the molecule is [B]P(C)n1nc(-c2nc3c(SC)cccc3[nH]2)c2cc(-c3cncc(CN(CC)B(C)O)c3C)ccc21. The number of hydrogen-bond acceptors (Lipinski definition) is 6. The third-order valence-electron chi connectivity index (χ3n) is 6.82. The van der Waals surface area contributed by atoms with E-state index in [1.807, 2.05) is 47.4 Å². The first-order chi connectivity index (χ1) is 17.8. The van der Waals surface area contributed by atoms with E-state index in [9.17, 15) is 5.02 Å². The van der Waals surface area contributed by atoms with Crippen LogP contribution in [0.1, 0.15) is 18.1 Å². The van der Waals surface area contributed by atoms with Crippen molar-refractivity contribution >= 4 is 56.3 Å². The maximum absolute atomic E-state index is 10.1. The van der Waals surface area contributed by atoms with Crippen LogP contribution in [0, 0.1) is 6.92 Å². The molecule has 2 aromatic carbocycles. The fraction of sp³-hybridized carbons (Fsp3) is 0.269. The van der Waals surface area contributed by atoms with Crippen LogP contribution in [-0.2, 0) is 6.54 Å². The zero-order valence-corrected chi connectivity index (χ0v) is 23.4. The number of benzene rings is 2. The zero-order valence-electron chi connectivity index (χ0n) is 21.7. The van der Waals surface area contributed by atoms with Gasteiger partial charge in [0.1, 0.15) is 18.8 Å². The predicted octanol–water partition coefficient (Wildman–Crippen LogP) is 5.56. The molecule has 3 aromatic heterocycles. The molecule has 7 nitrogen and oxygen atoms in total. The summed E-state index contributed by atoms with van der Waals surface area (Å²) in [5, 5.41) is 16.0. The van der Waals surface area contributed by atoms with E-state index in [-0.39, 0.29) is 0 Å². The second kappa shape index (κ2) is 10.6. The highest BCUT2D eigenvalue weighted by Gasteiger charge is 2.20. The first-order valence-electron chi connectivity index (χ1n) is 12.2. The highest BCUT2D eigenvalue weighted by atomic mass is 32.2. The molecule has 0 saturated carbocycles. The van der Waals surface area contributed by atoms with Crippen molar-refractivity contribution in [3.8, 4) is 22.6 Å². The van der Waals surface area contributed by atoms with Crippen LogP contribution in [0.4, 0.5) is 0 Å². The Bertz CT molecular complexity index is 1580. The van der Waals surface area contributed by atoms with Crippen LogP contribution >= 0.6 is 19.7 Å². The molecule has 2 radical (unpaired) electrons. The lowest BCUT2D eigenvalue weighted by atomic mass is 9.84. The summed E-state index contributed by atoms with van der Waals surface area (Å²) in [7, 11) is 4.87. The van der Waals surface area contributed by atoms with Crippen molar-refractivity contribution in [3.05, 3.63) is 59.9 Å². The summed E-state index contributed by atoms with van der Waals surface area (Å²) < 4.78 is 1.91. The van der Waals surface area contributed by atoms with Gasteiger partial charge in [0, 0.05) is 34.8 Å². The van der Waals surface area contributed by atoms with Gasteiger partial charge in [-0.25, -0.2) is 4.98 Å². The van der Waals surface area contributed by atoms with Crippen LogP contribution in [0.2, 0.25) is 6.82 Å². The first kappa shape index (κ1) is 26.0. The lowest BCUT2D eigenvalue weighted by Gasteiger charge is -2.22. The molecule has 3 heterocycles. The summed E-state index contributed by atoms with van der Waals surface area (Å²) in [6.07, 6.45) is 5.86. The molecule has 1 atom stereocenters. The van der Waals surface area contributed by atoms with Crippen LogP contribution in [0.25, 0.3) is 44.6 Å². The van der Waals surface area contributed by atoms with Gasteiger partial charge in [0.25, 0.3) is 0 Å². The van der Waals surface area contributed by atoms with Gasteiger partial charge in [-0.1, -0.05) is 19.1 Å². The molecule has 2 N–H and O–H groups in total. The Labute approximate surface area is 224 Å². The predicted molar refractivity (Wildman–Crippen MR) is 158 cm³/mol. The fourth-order valence-electron chi connectivity index (χ4n) is 4.71. The Morgan fingerprint density at radius 2 is 2.05 bits per heavy atom. The molecule has 11 heteroatoms. The van der Waals surface area contributed by atoms with Gasteiger partial charge < -0.3 is 14.8 Å². The molecule has 0 aliphatic rings. The number of pyridine rings is 1. The fourth-order valence-corrected chi connectivity index (χ4v) is 6.02. The smallest absolute Gasteiger partial charge is 0.376 e. The normalized spacial score (nSPS) is 12.6. The van der Waals surface area contributed by atoms with Crippen molar-refractivity contribution in [2.75, 3.05) is 19.5 Å². The van der Waals surface area contributed by atoms with E-state index in [2.05, 4.69) is 47.4 Å². The van der Waals surface area contributed by atoms with Gasteiger partial charge in [-0.05, 0) is 82.1 Å². The van der Waals surface area contributed by atoms with Crippen molar-refractivity contribution in [2.45, 2.75) is 32.1 Å². The summed E-state index contributed by atoms with van der Waals surface area (Å²) in [6, 6.07) is 12.5. The summed E-state index contributed by atoms with van der Waals surface area (Å²) in [6.45, 7) is 9.34. The van der Waals surface area contributed by atoms with E-state index in [1.54, 1.807) is 18.6 Å². The van der Waals surface area contributed by atoms with Gasteiger partial charge in [0.2, 0.25) is 0 Å². The highest BCUT2D eigenvalue weighted by Crippen LogP contribution is 2.39. The average Bonchev–Trinajstić information content (AvgIpc) is 3.49. The summed E-state index contributed by atoms with van der Waals surface area (Å²) >= 11 is 1.68. The van der Waals surface area contributed by atoms with Crippen molar-refractivity contribution in [3.63, 3.8) is 0 Å². The van der Waals surface area contributed by atoms with Crippen LogP contribution in [-0.4, -0.2) is 68.4 Å². The Balaban J connectivity index is 1.65. The average molecular weight is 526 g/mol. The quantitative estimate of drug-likeness (QED) is 0.157. The number of imidazole rings is 1. The molecule has 0 spiro atoms. The molecule has 1 unspecified atom stereocenters. The minimum absolute atomic E-state index is 0.520. The summed E-state index contributed by atoms with van der Waals surface area (Å²) in [4.78, 5) is 16.1. The molecule has 0 aliphatic carbocycles. The second-order valence-electron chi connectivity index (χ2n) is 9.15. The summed E-state index contributed by atoms with van der Waals surface area (Å²) in [5.41, 5.74) is 8.05. The number of hydrogen-bond donors (Lipinski definition) is 2. The monoisotopic (exact) mass is 526 g/mol. The van der Waals surface area contributed by atoms with Crippen LogP contribution < -0.4 is 0 Å². The van der Waals surface area contributed by atoms with Gasteiger partial charge in [0.05, 0.1) is 11.0 Å². The van der Waals surface area contributed by atoms with Gasteiger partial charge in [0.15, 0.2) is 5.82 Å². The van der Waals surface area contributed by atoms with Gasteiger partial charge in [-0.2, -0.15) is 5.10 Å². The van der Waals surface area contributed by atoms with Crippen LogP contribution in [0.15, 0.2) is 53.7 Å². The maximum Gasteiger partial charge on any atom is 0.376 e. The molecular weight excluding hydrogens is 497 g/mol. The van der Waals surface area contributed by atoms with E-state index in [0.29, 0.717) is 6.54 Å². The van der Waals surface area contributed by atoms with E-state index >= 15 is 0 Å². The molecule has 0 aliphatic heterocycles. The van der Waals surface area contributed by atoms with E-state index in [1.165, 1.54) is 0 Å². The van der Waals surface area contributed by atoms with E-state index in [4.69, 9.17) is 17.6 Å². The molecule has 5 rings (SSSR count). The van der Waals surface area contributed by atoms with Crippen LogP contribution in [0.5, 0.6) is 0 Å². The van der Waals surface area contributed by atoms with Crippen LogP contribution in [0.3, 0.4) is 0 Å². The molecular formula is C26H29B2N6OPS. The minimum atomic E-state index is -0.973. The number of para-hydroxylation sites is 1. The first-order valence-corrected chi connectivity index (χ1v) is 15.3. The number of nitrogens with one attached hydrogen (secondary N) is 1. The number of nitrogens with zero attached hydrogens (tertiary/aromatic N) is 5. The number of aromatic amines is 1. The third-order valence-corrected chi connectivity index (χ3v) is 8.49. The van der Waals surface area contributed by atoms with Crippen molar-refractivity contribution in [1.29, 1.82) is 0 Å². The summed E-state index contributed by atoms with van der Waals surface area (Å²) in [5.74, 6) is 0.730. The standard InChI is InChI=1S/C26H29B2N6OPS/c1-6-33(28(3)35)15-18-13-29-14-20(16(18)2)17-10-11-22-19(12-17)24(32-34(22)36(4)27)26-30-21-8-7-9-23(37-5)25(21)31-26/h7-14,35H,6,15H2,1-5H3,(H,30,31). The Morgan fingerprint density at radius 3 is 2.76 bits per heavy atom. The molecule has 186 valence electrons. The second-order valence-corrected chi connectivity index (χ2v) is 11.5. The minimum Gasteiger partial charge on any atom is -0.437 e. The maximum atomic E-state index is 10.1. The van der Waals surface area contributed by atoms with Gasteiger partial charge in [-0.3, -0.25) is 9.44 Å². The largest absolute Gasteiger partial charge is 0.437 e. The lowest BCUT2D eigenvalue weighted by molar-refractivity contribution is 0.373. The Kier molecular flexibility index (Phi) is 7.46. The molecule has 37 heavy (non-hydrogen) atoms. The number of fused-ring (bicyclic) bond motifs is 2. The molecule has 5 aromatic rings. The highest BCUT2D eigenvalue weighted by molar-refractivity contribution is 7.98. The van der Waals surface area contributed by atoms with Gasteiger partial charge >= 0.3 is 7.05 Å². The third kappa shape index (κ3) is 4.84. The number of H-pyrrole nitrogens is 1. The van der Waals surface area contributed by atoms with Gasteiger partial charge in [-0.15, -0.1) is 11.8 Å². The molecule has 0 saturated heterocycles. The van der Waals surface area contributed by atoms with Crippen molar-refractivity contribution in [1.82, 2.24) is 29.3 Å². The molecule has 0 fully saturated rings.